The molecule has 1 N–H and O–H groups in total. The lowest BCUT2D eigenvalue weighted by Crippen LogP contribution is -2.45. The van der Waals surface area contributed by atoms with Crippen molar-refractivity contribution in [3.63, 3.8) is 0 Å². The second-order valence-electron chi connectivity index (χ2n) is 7.30. The first kappa shape index (κ1) is 23.3. The summed E-state index contributed by atoms with van der Waals surface area (Å²) >= 11 is 0. The number of carbonyl (C=O) groups excluding carboxylic acids is 3. The Bertz CT molecular complexity index is 1270. The summed E-state index contributed by atoms with van der Waals surface area (Å²) in [7, 11) is 0. The maximum absolute atomic E-state index is 12.9. The number of rotatable bonds is 6. The van der Waals surface area contributed by atoms with Gasteiger partial charge in [-0.15, -0.1) is 6.42 Å². The third kappa shape index (κ3) is 4.93. The minimum atomic E-state index is -0.952. The number of aliphatic hydroxyl groups is 1. The summed E-state index contributed by atoms with van der Waals surface area (Å²) in [4.78, 5) is 38.3. The minimum Gasteiger partial charge on any atom is -0.457 e. The number of β-amino-alcohol motifs (C(OH)–C–C–N with tert-alkyl or cyclic N) is 1. The number of furan rings is 1. The van der Waals surface area contributed by atoms with E-state index in [0.717, 1.165) is 4.90 Å². The van der Waals surface area contributed by atoms with Crippen LogP contribution >= 0.6 is 0 Å². The molecule has 0 saturated carbocycles. The SMILES string of the molecule is C#CCOC(=O)c1cccc(-c2ccc(/C=C3\C(=O)N(CC(C)O)C(=O)C(C#N)=C3C)o2)c1. The van der Waals surface area contributed by atoms with E-state index in [-0.39, 0.29) is 29.9 Å². The van der Waals surface area contributed by atoms with Crippen LogP contribution in [0, 0.1) is 23.7 Å². The molecule has 1 aromatic heterocycles. The summed E-state index contributed by atoms with van der Waals surface area (Å²) in [5, 5.41) is 19.1. The molecule has 166 valence electrons. The minimum absolute atomic E-state index is 0.110. The number of carbonyl (C=O) groups is 3. The fraction of sp³-hybridized carbons (Fsp3) is 0.200. The second-order valence-corrected chi connectivity index (χ2v) is 7.30. The van der Waals surface area contributed by atoms with Crippen LogP contribution < -0.4 is 0 Å². The van der Waals surface area contributed by atoms with Gasteiger partial charge in [0.25, 0.3) is 11.8 Å². The van der Waals surface area contributed by atoms with Gasteiger partial charge >= 0.3 is 5.97 Å². The average Bonchev–Trinajstić information content (AvgIpc) is 3.27. The van der Waals surface area contributed by atoms with Gasteiger partial charge in [-0.1, -0.05) is 18.1 Å². The van der Waals surface area contributed by atoms with Gasteiger partial charge in [-0.3, -0.25) is 14.5 Å². The quantitative estimate of drug-likeness (QED) is 0.315. The van der Waals surface area contributed by atoms with E-state index < -0.39 is 23.9 Å². The summed E-state index contributed by atoms with van der Waals surface area (Å²) in [6.45, 7) is 2.58. The number of amides is 2. The standard InChI is InChI=1S/C25H20N2O6/c1-4-10-32-25(31)18-7-5-6-17(11-18)22-9-8-19(33-22)12-20-16(3)21(13-26)24(30)27(23(20)29)14-15(2)28/h1,5-9,11-12,15,28H,10,14H2,2-3H3/b20-12-. The lowest BCUT2D eigenvalue weighted by Gasteiger charge is -2.28. The van der Waals surface area contributed by atoms with Crippen LogP contribution in [0.1, 0.15) is 30.0 Å². The maximum atomic E-state index is 12.9. The van der Waals surface area contributed by atoms with Crippen LogP contribution in [0.5, 0.6) is 0 Å². The van der Waals surface area contributed by atoms with Crippen LogP contribution in [0.3, 0.4) is 0 Å². The molecule has 0 aliphatic carbocycles. The molecule has 1 aromatic carbocycles. The number of hydrogen-bond acceptors (Lipinski definition) is 7. The molecule has 1 unspecified atom stereocenters. The van der Waals surface area contributed by atoms with Gasteiger partial charge in [-0.2, -0.15) is 5.26 Å². The number of aliphatic hydroxyl groups excluding tert-OH is 1. The first-order valence-corrected chi connectivity index (χ1v) is 9.95. The number of terminal acetylenes is 1. The number of benzene rings is 1. The molecule has 0 fully saturated rings. The zero-order valence-electron chi connectivity index (χ0n) is 18.0. The number of hydrogen-bond donors (Lipinski definition) is 1. The number of nitriles is 1. The lowest BCUT2D eigenvalue weighted by molar-refractivity contribution is -0.141. The number of imide groups is 1. The summed E-state index contributed by atoms with van der Waals surface area (Å²) < 4.78 is 10.8. The van der Waals surface area contributed by atoms with Gasteiger partial charge in [0.15, 0.2) is 6.61 Å². The van der Waals surface area contributed by atoms with Crippen molar-refractivity contribution in [3.8, 4) is 29.7 Å². The van der Waals surface area contributed by atoms with Crippen molar-refractivity contribution in [1.82, 2.24) is 4.90 Å². The molecule has 1 aliphatic heterocycles. The highest BCUT2D eigenvalue weighted by Gasteiger charge is 2.36. The van der Waals surface area contributed by atoms with Gasteiger partial charge in [0.1, 0.15) is 23.2 Å². The third-order valence-electron chi connectivity index (χ3n) is 4.85. The van der Waals surface area contributed by atoms with E-state index >= 15 is 0 Å². The third-order valence-corrected chi connectivity index (χ3v) is 4.85. The van der Waals surface area contributed by atoms with Gasteiger partial charge in [0.05, 0.1) is 18.2 Å². The van der Waals surface area contributed by atoms with Gasteiger partial charge in [0, 0.05) is 11.1 Å². The Balaban J connectivity index is 1.95. The van der Waals surface area contributed by atoms with Crippen molar-refractivity contribution in [1.29, 1.82) is 5.26 Å². The molecule has 0 bridgehead atoms. The molecule has 2 amide bonds. The van der Waals surface area contributed by atoms with E-state index in [1.54, 1.807) is 36.4 Å². The molecule has 8 heteroatoms. The van der Waals surface area contributed by atoms with Crippen molar-refractivity contribution in [2.45, 2.75) is 20.0 Å². The van der Waals surface area contributed by atoms with Gasteiger partial charge in [-0.25, -0.2) is 4.79 Å². The summed E-state index contributed by atoms with van der Waals surface area (Å²) in [5.41, 5.74) is 1.06. The van der Waals surface area contributed by atoms with Gasteiger partial charge < -0.3 is 14.3 Å². The molecule has 0 saturated heterocycles. The first-order valence-electron chi connectivity index (χ1n) is 9.95. The van der Waals surface area contributed by atoms with Crippen LogP contribution in [0.15, 0.2) is 57.5 Å². The van der Waals surface area contributed by atoms with Crippen LogP contribution in [0.4, 0.5) is 0 Å². The second kappa shape index (κ2) is 9.82. The fourth-order valence-corrected chi connectivity index (χ4v) is 3.28. The molecule has 1 atom stereocenters. The highest BCUT2D eigenvalue weighted by molar-refractivity contribution is 6.19. The smallest absolute Gasteiger partial charge is 0.339 e. The Labute approximate surface area is 190 Å². The normalized spacial score (nSPS) is 15.9. The van der Waals surface area contributed by atoms with Gasteiger partial charge in [-0.05, 0) is 49.8 Å². The zero-order chi connectivity index (χ0) is 24.1. The van der Waals surface area contributed by atoms with E-state index in [1.807, 2.05) is 6.07 Å². The number of esters is 1. The molecule has 33 heavy (non-hydrogen) atoms. The van der Waals surface area contributed by atoms with Crippen LogP contribution in [-0.2, 0) is 14.3 Å². The fourth-order valence-electron chi connectivity index (χ4n) is 3.28. The highest BCUT2D eigenvalue weighted by Crippen LogP contribution is 2.29. The maximum Gasteiger partial charge on any atom is 0.339 e. The summed E-state index contributed by atoms with van der Waals surface area (Å²) in [6, 6.07) is 11.7. The lowest BCUT2D eigenvalue weighted by atomic mass is 9.94. The molecule has 3 rings (SSSR count). The van der Waals surface area contributed by atoms with E-state index in [9.17, 15) is 24.8 Å². The summed E-state index contributed by atoms with van der Waals surface area (Å²) in [6.07, 6.45) is 5.59. The van der Waals surface area contributed by atoms with Crippen LogP contribution in [0.25, 0.3) is 17.4 Å². The molecule has 8 nitrogen and oxygen atoms in total. The predicted molar refractivity (Wildman–Crippen MR) is 118 cm³/mol. The van der Waals surface area contributed by atoms with Crippen molar-refractivity contribution in [2.24, 2.45) is 0 Å². The molecular weight excluding hydrogens is 424 g/mol. The molecule has 0 radical (unpaired) electrons. The molecule has 2 heterocycles. The topological polar surface area (TPSA) is 121 Å². The zero-order valence-corrected chi connectivity index (χ0v) is 18.0. The van der Waals surface area contributed by atoms with E-state index in [2.05, 4.69) is 5.92 Å². The molecule has 1 aliphatic rings. The summed E-state index contributed by atoms with van der Waals surface area (Å²) in [5.74, 6) is 1.02. The van der Waals surface area contributed by atoms with Crippen molar-refractivity contribution in [3.05, 3.63) is 64.4 Å². The van der Waals surface area contributed by atoms with E-state index in [0.29, 0.717) is 22.6 Å². The monoisotopic (exact) mass is 444 g/mol. The Morgan fingerprint density at radius 2 is 2.06 bits per heavy atom. The Morgan fingerprint density at radius 3 is 2.73 bits per heavy atom. The number of ether oxygens (including phenoxy) is 1. The van der Waals surface area contributed by atoms with E-state index in [1.165, 1.54) is 19.9 Å². The van der Waals surface area contributed by atoms with Crippen LogP contribution in [0.2, 0.25) is 0 Å². The van der Waals surface area contributed by atoms with Crippen molar-refractivity contribution >= 4 is 23.9 Å². The number of nitrogens with zero attached hydrogens (tertiary/aromatic N) is 2. The largest absolute Gasteiger partial charge is 0.457 e. The van der Waals surface area contributed by atoms with Crippen molar-refractivity contribution in [2.75, 3.05) is 13.2 Å². The highest BCUT2D eigenvalue weighted by atomic mass is 16.5. The molecule has 2 aromatic rings. The van der Waals surface area contributed by atoms with Crippen molar-refractivity contribution < 1.29 is 28.6 Å². The van der Waals surface area contributed by atoms with E-state index in [4.69, 9.17) is 15.6 Å². The predicted octanol–water partition coefficient (Wildman–Crippen LogP) is 2.71. The Hall–Kier alpha value is -4.40. The van der Waals surface area contributed by atoms with Gasteiger partial charge in [0.2, 0.25) is 0 Å². The van der Waals surface area contributed by atoms with Crippen LogP contribution in [-0.4, -0.2) is 47.0 Å². The average molecular weight is 444 g/mol. The Kier molecular flexibility index (Phi) is 6.92. The molecule has 0 spiro atoms. The molecular formula is C25H20N2O6. The Morgan fingerprint density at radius 1 is 1.30 bits per heavy atom. The first-order chi connectivity index (χ1) is 15.8.